The first-order valence-electron chi connectivity index (χ1n) is 7.80. The number of rotatable bonds is 7. The van der Waals surface area contributed by atoms with E-state index in [1.54, 1.807) is 14.2 Å². The molecule has 4 nitrogen and oxygen atoms in total. The SMILES string of the molecule is COc1cccc(OC)c1CCC(=O)N[C@@H](C)c1ccc(Cl)cc1. The monoisotopic (exact) mass is 347 g/mol. The van der Waals surface area contributed by atoms with Gasteiger partial charge in [-0.25, -0.2) is 0 Å². The number of hydrogen-bond acceptors (Lipinski definition) is 3. The van der Waals surface area contributed by atoms with E-state index in [0.29, 0.717) is 17.9 Å². The third-order valence-corrected chi connectivity index (χ3v) is 4.13. The molecule has 0 fully saturated rings. The van der Waals surface area contributed by atoms with Crippen molar-refractivity contribution in [2.24, 2.45) is 0 Å². The molecule has 0 aromatic heterocycles. The lowest BCUT2D eigenvalue weighted by Crippen LogP contribution is -2.26. The quantitative estimate of drug-likeness (QED) is 0.817. The maximum atomic E-state index is 12.2. The molecule has 0 heterocycles. The summed E-state index contributed by atoms with van der Waals surface area (Å²) in [6, 6.07) is 13.0. The number of benzene rings is 2. The lowest BCUT2D eigenvalue weighted by atomic mass is 10.1. The zero-order valence-corrected chi connectivity index (χ0v) is 14.9. The molecule has 0 saturated carbocycles. The van der Waals surface area contributed by atoms with E-state index in [4.69, 9.17) is 21.1 Å². The third kappa shape index (κ3) is 4.65. The summed E-state index contributed by atoms with van der Waals surface area (Å²) >= 11 is 5.89. The van der Waals surface area contributed by atoms with Crippen LogP contribution in [0.4, 0.5) is 0 Å². The molecular weight excluding hydrogens is 326 g/mol. The van der Waals surface area contributed by atoms with Gasteiger partial charge in [0, 0.05) is 17.0 Å². The normalized spacial score (nSPS) is 11.7. The Hall–Kier alpha value is -2.20. The van der Waals surface area contributed by atoms with E-state index in [2.05, 4.69) is 5.32 Å². The van der Waals surface area contributed by atoms with Crippen molar-refractivity contribution in [3.05, 3.63) is 58.6 Å². The maximum absolute atomic E-state index is 12.2. The summed E-state index contributed by atoms with van der Waals surface area (Å²) < 4.78 is 10.7. The van der Waals surface area contributed by atoms with Crippen LogP contribution < -0.4 is 14.8 Å². The molecule has 1 amide bonds. The lowest BCUT2D eigenvalue weighted by molar-refractivity contribution is -0.121. The highest BCUT2D eigenvalue weighted by atomic mass is 35.5. The molecule has 5 heteroatoms. The minimum Gasteiger partial charge on any atom is -0.496 e. The van der Waals surface area contributed by atoms with Gasteiger partial charge in [0.1, 0.15) is 11.5 Å². The summed E-state index contributed by atoms with van der Waals surface area (Å²) in [5, 5.41) is 3.68. The minimum atomic E-state index is -0.0747. The van der Waals surface area contributed by atoms with Crippen LogP contribution in [0.2, 0.25) is 5.02 Å². The van der Waals surface area contributed by atoms with Gasteiger partial charge < -0.3 is 14.8 Å². The Kier molecular flexibility index (Phi) is 6.50. The molecule has 2 rings (SSSR count). The standard InChI is InChI=1S/C19H22ClNO3/c1-13(14-7-9-15(20)10-8-14)21-19(22)12-11-16-17(23-2)5-4-6-18(16)24-3/h4-10,13H,11-12H2,1-3H3,(H,21,22)/t13-/m0/s1. The van der Waals surface area contributed by atoms with E-state index in [0.717, 1.165) is 22.6 Å². The number of hydrogen-bond donors (Lipinski definition) is 1. The van der Waals surface area contributed by atoms with Gasteiger partial charge in [-0.05, 0) is 43.2 Å². The fourth-order valence-corrected chi connectivity index (χ4v) is 2.69. The second-order valence-corrected chi connectivity index (χ2v) is 5.92. The first kappa shape index (κ1) is 18.1. The van der Waals surface area contributed by atoms with Gasteiger partial charge in [-0.15, -0.1) is 0 Å². The highest BCUT2D eigenvalue weighted by Crippen LogP contribution is 2.29. The van der Waals surface area contributed by atoms with E-state index in [1.807, 2.05) is 49.4 Å². The third-order valence-electron chi connectivity index (χ3n) is 3.88. The van der Waals surface area contributed by atoms with E-state index in [1.165, 1.54) is 0 Å². The number of methoxy groups -OCH3 is 2. The second-order valence-electron chi connectivity index (χ2n) is 5.48. The highest BCUT2D eigenvalue weighted by Gasteiger charge is 2.14. The Balaban J connectivity index is 1.97. The Morgan fingerprint density at radius 1 is 1.08 bits per heavy atom. The number of nitrogens with one attached hydrogen (secondary N) is 1. The average Bonchev–Trinajstić information content (AvgIpc) is 2.59. The Morgan fingerprint density at radius 3 is 2.21 bits per heavy atom. The Labute approximate surface area is 147 Å². The molecular formula is C19H22ClNO3. The van der Waals surface area contributed by atoms with E-state index >= 15 is 0 Å². The van der Waals surface area contributed by atoms with Gasteiger partial charge in [0.25, 0.3) is 0 Å². The van der Waals surface area contributed by atoms with Crippen molar-refractivity contribution in [3.63, 3.8) is 0 Å². The molecule has 128 valence electrons. The molecule has 0 unspecified atom stereocenters. The number of carbonyl (C=O) groups excluding carboxylic acids is 1. The van der Waals surface area contributed by atoms with Gasteiger partial charge in [-0.2, -0.15) is 0 Å². The van der Waals surface area contributed by atoms with Gasteiger partial charge >= 0.3 is 0 Å². The number of halogens is 1. The first-order chi connectivity index (χ1) is 11.5. The van der Waals surface area contributed by atoms with Crippen molar-refractivity contribution >= 4 is 17.5 Å². The molecule has 0 spiro atoms. The van der Waals surface area contributed by atoms with Gasteiger partial charge in [0.15, 0.2) is 0 Å². The number of carbonyl (C=O) groups is 1. The second kappa shape index (κ2) is 8.60. The molecule has 24 heavy (non-hydrogen) atoms. The van der Waals surface area contributed by atoms with Crippen molar-refractivity contribution < 1.29 is 14.3 Å². The predicted molar refractivity (Wildman–Crippen MR) is 95.9 cm³/mol. The molecule has 1 atom stereocenters. The van der Waals surface area contributed by atoms with Crippen molar-refractivity contribution in [3.8, 4) is 11.5 Å². The largest absolute Gasteiger partial charge is 0.496 e. The summed E-state index contributed by atoms with van der Waals surface area (Å²) in [7, 11) is 3.22. The number of ether oxygens (including phenoxy) is 2. The molecule has 0 aliphatic heterocycles. The fourth-order valence-electron chi connectivity index (χ4n) is 2.56. The molecule has 0 radical (unpaired) electrons. The van der Waals surface area contributed by atoms with Crippen LogP contribution in [0.5, 0.6) is 11.5 Å². The summed E-state index contributed by atoms with van der Waals surface area (Å²) in [4.78, 5) is 12.2. The van der Waals surface area contributed by atoms with Gasteiger partial charge in [-0.1, -0.05) is 29.8 Å². The van der Waals surface area contributed by atoms with Crippen molar-refractivity contribution in [2.75, 3.05) is 14.2 Å². The van der Waals surface area contributed by atoms with Crippen LogP contribution in [-0.2, 0) is 11.2 Å². The zero-order chi connectivity index (χ0) is 17.5. The molecule has 0 bridgehead atoms. The Bertz CT molecular complexity index is 663. The topological polar surface area (TPSA) is 47.6 Å². The van der Waals surface area contributed by atoms with Crippen molar-refractivity contribution in [1.29, 1.82) is 0 Å². The molecule has 1 N–H and O–H groups in total. The summed E-state index contributed by atoms with van der Waals surface area (Å²) in [6.45, 7) is 1.95. The van der Waals surface area contributed by atoms with Gasteiger partial charge in [0.05, 0.1) is 20.3 Å². The van der Waals surface area contributed by atoms with E-state index in [9.17, 15) is 4.79 Å². The lowest BCUT2D eigenvalue weighted by Gasteiger charge is -2.16. The zero-order valence-electron chi connectivity index (χ0n) is 14.1. The van der Waals surface area contributed by atoms with Crippen LogP contribution in [0.1, 0.15) is 30.5 Å². The van der Waals surface area contributed by atoms with E-state index < -0.39 is 0 Å². The van der Waals surface area contributed by atoms with Crippen molar-refractivity contribution in [1.82, 2.24) is 5.32 Å². The van der Waals surface area contributed by atoms with E-state index in [-0.39, 0.29) is 11.9 Å². The van der Waals surface area contributed by atoms with Crippen LogP contribution in [0.25, 0.3) is 0 Å². The van der Waals surface area contributed by atoms with Gasteiger partial charge in [0.2, 0.25) is 5.91 Å². The smallest absolute Gasteiger partial charge is 0.220 e. The fraction of sp³-hybridized carbons (Fsp3) is 0.316. The summed E-state index contributed by atoms with van der Waals surface area (Å²) in [5.41, 5.74) is 1.92. The van der Waals surface area contributed by atoms with Crippen LogP contribution in [0, 0.1) is 0 Å². The number of amides is 1. The Morgan fingerprint density at radius 2 is 1.67 bits per heavy atom. The molecule has 2 aromatic rings. The predicted octanol–water partition coefficient (Wildman–Crippen LogP) is 4.17. The van der Waals surface area contributed by atoms with Crippen LogP contribution >= 0.6 is 11.6 Å². The van der Waals surface area contributed by atoms with Crippen molar-refractivity contribution in [2.45, 2.75) is 25.8 Å². The molecule has 2 aromatic carbocycles. The molecule has 0 saturated heterocycles. The highest BCUT2D eigenvalue weighted by molar-refractivity contribution is 6.30. The van der Waals surface area contributed by atoms with Crippen LogP contribution in [-0.4, -0.2) is 20.1 Å². The molecule has 0 aliphatic carbocycles. The summed E-state index contributed by atoms with van der Waals surface area (Å²) in [5.74, 6) is 1.44. The van der Waals surface area contributed by atoms with Crippen LogP contribution in [0.15, 0.2) is 42.5 Å². The summed E-state index contributed by atoms with van der Waals surface area (Å²) in [6.07, 6.45) is 0.904. The first-order valence-corrected chi connectivity index (χ1v) is 8.17. The molecule has 0 aliphatic rings. The average molecular weight is 348 g/mol. The minimum absolute atomic E-state index is 0.0228. The van der Waals surface area contributed by atoms with Gasteiger partial charge in [-0.3, -0.25) is 4.79 Å². The van der Waals surface area contributed by atoms with Crippen LogP contribution in [0.3, 0.4) is 0 Å². The maximum Gasteiger partial charge on any atom is 0.220 e.